The molecule has 80 valence electrons. The fourth-order valence-electron chi connectivity index (χ4n) is 2.21. The highest BCUT2D eigenvalue weighted by molar-refractivity contribution is 6.06. The normalized spacial score (nSPS) is 22.1. The molecular weight excluding hydrogens is 200 g/mol. The summed E-state index contributed by atoms with van der Waals surface area (Å²) < 4.78 is 0. The van der Waals surface area contributed by atoms with Crippen LogP contribution >= 0.6 is 0 Å². The first-order valence-electron chi connectivity index (χ1n) is 5.13. The molecule has 1 amide bonds. The zero-order chi connectivity index (χ0) is 11.6. The highest BCUT2D eigenvalue weighted by atomic mass is 16.2. The van der Waals surface area contributed by atoms with Gasteiger partial charge in [-0.1, -0.05) is 24.3 Å². The van der Waals surface area contributed by atoms with Gasteiger partial charge >= 0.3 is 0 Å². The van der Waals surface area contributed by atoms with Gasteiger partial charge in [0.2, 0.25) is 5.91 Å². The zero-order valence-electron chi connectivity index (χ0n) is 8.86. The van der Waals surface area contributed by atoms with Gasteiger partial charge in [-0.15, -0.1) is 6.58 Å². The van der Waals surface area contributed by atoms with Crippen molar-refractivity contribution in [3.63, 3.8) is 0 Å². The van der Waals surface area contributed by atoms with E-state index in [0.29, 0.717) is 6.42 Å². The fraction of sp³-hybridized carbons (Fsp3) is 0.231. The first kappa shape index (κ1) is 10.4. The second-order valence-electron chi connectivity index (χ2n) is 3.91. The van der Waals surface area contributed by atoms with Crippen LogP contribution in [0.25, 0.3) is 0 Å². The maximum Gasteiger partial charge on any atom is 0.236 e. The largest absolute Gasteiger partial charge is 0.325 e. The molecule has 3 nitrogen and oxygen atoms in total. The first-order valence-corrected chi connectivity index (χ1v) is 5.13. The van der Waals surface area contributed by atoms with Crippen LogP contribution in [-0.4, -0.2) is 5.91 Å². The number of benzene rings is 1. The van der Waals surface area contributed by atoms with E-state index < -0.39 is 5.41 Å². The maximum atomic E-state index is 12.0. The van der Waals surface area contributed by atoms with Gasteiger partial charge < -0.3 is 5.32 Å². The van der Waals surface area contributed by atoms with E-state index in [1.54, 1.807) is 6.08 Å². The predicted molar refractivity (Wildman–Crippen MR) is 61.8 cm³/mol. The topological polar surface area (TPSA) is 52.9 Å². The van der Waals surface area contributed by atoms with Crippen molar-refractivity contribution in [3.8, 4) is 6.07 Å². The number of fused-ring (bicyclic) bond motifs is 1. The van der Waals surface area contributed by atoms with Gasteiger partial charge in [-0.25, -0.2) is 0 Å². The molecule has 16 heavy (non-hydrogen) atoms. The SMILES string of the molecule is C=CCC1(CC#N)C(=O)Nc2ccccc21. The Kier molecular flexibility index (Phi) is 2.49. The van der Waals surface area contributed by atoms with Crippen molar-refractivity contribution in [2.24, 2.45) is 0 Å². The van der Waals surface area contributed by atoms with Crippen molar-refractivity contribution in [1.29, 1.82) is 5.26 Å². The number of carbonyl (C=O) groups is 1. The van der Waals surface area contributed by atoms with Gasteiger partial charge in [-0.05, 0) is 18.1 Å². The molecule has 1 heterocycles. The molecule has 0 aromatic heterocycles. The average Bonchev–Trinajstić information content (AvgIpc) is 2.54. The van der Waals surface area contributed by atoms with E-state index in [0.717, 1.165) is 11.3 Å². The van der Waals surface area contributed by atoms with Crippen LogP contribution < -0.4 is 5.32 Å². The first-order chi connectivity index (χ1) is 7.74. The summed E-state index contributed by atoms with van der Waals surface area (Å²) in [7, 11) is 0. The summed E-state index contributed by atoms with van der Waals surface area (Å²) in [5.41, 5.74) is 0.971. The van der Waals surface area contributed by atoms with E-state index in [1.807, 2.05) is 24.3 Å². The van der Waals surface area contributed by atoms with E-state index in [9.17, 15) is 4.79 Å². The minimum absolute atomic E-state index is 0.102. The van der Waals surface area contributed by atoms with E-state index in [4.69, 9.17) is 5.26 Å². The summed E-state index contributed by atoms with van der Waals surface area (Å²) >= 11 is 0. The molecule has 0 fully saturated rings. The highest BCUT2D eigenvalue weighted by Gasteiger charge is 2.45. The third-order valence-electron chi connectivity index (χ3n) is 3.00. The van der Waals surface area contributed by atoms with Crippen molar-refractivity contribution in [1.82, 2.24) is 0 Å². The van der Waals surface area contributed by atoms with Crippen LogP contribution in [-0.2, 0) is 10.2 Å². The summed E-state index contributed by atoms with van der Waals surface area (Å²) in [5, 5.41) is 11.7. The molecule has 1 aromatic carbocycles. The Morgan fingerprint density at radius 1 is 1.50 bits per heavy atom. The second-order valence-corrected chi connectivity index (χ2v) is 3.91. The van der Waals surface area contributed by atoms with Crippen LogP contribution in [0.1, 0.15) is 18.4 Å². The Labute approximate surface area is 94.4 Å². The summed E-state index contributed by atoms with van der Waals surface area (Å²) in [4.78, 5) is 12.0. The molecule has 0 bridgehead atoms. The number of nitrogens with zero attached hydrogens (tertiary/aromatic N) is 1. The fourth-order valence-corrected chi connectivity index (χ4v) is 2.21. The smallest absolute Gasteiger partial charge is 0.236 e. The predicted octanol–water partition coefficient (Wildman–Crippen LogP) is 2.37. The minimum Gasteiger partial charge on any atom is -0.325 e. The van der Waals surface area contributed by atoms with Crippen LogP contribution in [0.2, 0.25) is 0 Å². The van der Waals surface area contributed by atoms with E-state index >= 15 is 0 Å². The molecule has 0 saturated carbocycles. The molecule has 3 heteroatoms. The lowest BCUT2D eigenvalue weighted by atomic mass is 9.76. The highest BCUT2D eigenvalue weighted by Crippen LogP contribution is 2.42. The monoisotopic (exact) mass is 212 g/mol. The van der Waals surface area contributed by atoms with Crippen molar-refractivity contribution >= 4 is 11.6 Å². The lowest BCUT2D eigenvalue weighted by Crippen LogP contribution is -2.33. The second kappa shape index (κ2) is 3.82. The van der Waals surface area contributed by atoms with Gasteiger partial charge in [0.1, 0.15) is 0 Å². The van der Waals surface area contributed by atoms with Crippen LogP contribution in [0.3, 0.4) is 0 Å². The summed E-state index contributed by atoms with van der Waals surface area (Å²) in [6.45, 7) is 3.67. The van der Waals surface area contributed by atoms with Crippen LogP contribution in [0, 0.1) is 11.3 Å². The van der Waals surface area contributed by atoms with Gasteiger partial charge in [0, 0.05) is 5.69 Å². The van der Waals surface area contributed by atoms with Crippen LogP contribution in [0.4, 0.5) is 5.69 Å². The number of anilines is 1. The Bertz CT molecular complexity index is 487. The average molecular weight is 212 g/mol. The molecule has 0 saturated heterocycles. The lowest BCUT2D eigenvalue weighted by molar-refractivity contribution is -0.120. The number of hydrogen-bond donors (Lipinski definition) is 1. The van der Waals surface area contributed by atoms with Gasteiger partial charge in [-0.3, -0.25) is 4.79 Å². The Hall–Kier alpha value is -2.08. The van der Waals surface area contributed by atoms with E-state index in [-0.39, 0.29) is 12.3 Å². The van der Waals surface area contributed by atoms with Crippen molar-refractivity contribution < 1.29 is 4.79 Å². The van der Waals surface area contributed by atoms with Crippen molar-refractivity contribution in [2.75, 3.05) is 5.32 Å². The number of allylic oxidation sites excluding steroid dienone is 1. The number of nitriles is 1. The standard InChI is InChI=1S/C13H12N2O/c1-2-7-13(8-9-14)10-5-3-4-6-11(10)15-12(13)16/h2-6H,1,7-8H2,(H,15,16). The minimum atomic E-state index is -0.743. The number of para-hydroxylation sites is 1. The Balaban J connectivity index is 2.57. The zero-order valence-corrected chi connectivity index (χ0v) is 8.86. The molecule has 0 spiro atoms. The Morgan fingerprint density at radius 2 is 2.25 bits per heavy atom. The number of carbonyl (C=O) groups excluding carboxylic acids is 1. The third kappa shape index (κ3) is 1.31. The molecule has 1 unspecified atom stereocenters. The summed E-state index contributed by atoms with van der Waals surface area (Å²) in [6.07, 6.45) is 2.37. The molecule has 1 aliphatic heterocycles. The molecular formula is C13H12N2O. The molecule has 1 N–H and O–H groups in total. The van der Waals surface area contributed by atoms with Crippen LogP contribution in [0.5, 0.6) is 0 Å². The van der Waals surface area contributed by atoms with E-state index in [2.05, 4.69) is 18.0 Å². The maximum absolute atomic E-state index is 12.0. The van der Waals surface area contributed by atoms with E-state index in [1.165, 1.54) is 0 Å². The number of amides is 1. The lowest BCUT2D eigenvalue weighted by Gasteiger charge is -2.22. The number of nitrogens with one attached hydrogen (secondary N) is 1. The molecule has 0 radical (unpaired) electrons. The number of rotatable bonds is 3. The van der Waals surface area contributed by atoms with Gasteiger partial charge in [0.25, 0.3) is 0 Å². The molecule has 1 aromatic rings. The quantitative estimate of drug-likeness (QED) is 0.782. The Morgan fingerprint density at radius 3 is 2.94 bits per heavy atom. The van der Waals surface area contributed by atoms with Gasteiger partial charge in [-0.2, -0.15) is 5.26 Å². The summed E-state index contributed by atoms with van der Waals surface area (Å²) in [5.74, 6) is -0.102. The van der Waals surface area contributed by atoms with Crippen molar-refractivity contribution in [3.05, 3.63) is 42.5 Å². The van der Waals surface area contributed by atoms with Crippen LogP contribution in [0.15, 0.2) is 36.9 Å². The van der Waals surface area contributed by atoms with Gasteiger partial charge in [0.15, 0.2) is 0 Å². The summed E-state index contributed by atoms with van der Waals surface area (Å²) in [6, 6.07) is 9.61. The molecule has 0 aliphatic carbocycles. The van der Waals surface area contributed by atoms with Gasteiger partial charge in [0.05, 0.1) is 17.9 Å². The van der Waals surface area contributed by atoms with Crippen molar-refractivity contribution in [2.45, 2.75) is 18.3 Å². The third-order valence-corrected chi connectivity index (χ3v) is 3.00. The number of hydrogen-bond acceptors (Lipinski definition) is 2. The molecule has 2 rings (SSSR count). The molecule has 1 atom stereocenters. The molecule has 1 aliphatic rings.